The van der Waals surface area contributed by atoms with Crippen molar-refractivity contribution in [3.05, 3.63) is 90.7 Å². The molecule has 0 aliphatic carbocycles. The molecule has 2 amide bonds. The average molecular weight is 719 g/mol. The molecular formula is C32H30BrCl2N3O5S. The van der Waals surface area contributed by atoms with Gasteiger partial charge in [-0.3, -0.25) is 14.5 Å². The summed E-state index contributed by atoms with van der Waals surface area (Å²) >= 11 is 17.2. The van der Waals surface area contributed by atoms with Crippen LogP contribution in [0.1, 0.15) is 35.3 Å². The number of ether oxygens (including phenoxy) is 3. The van der Waals surface area contributed by atoms with Crippen molar-refractivity contribution in [1.82, 2.24) is 9.80 Å². The molecule has 3 aromatic rings. The standard InChI is InChI=1S/C32H30BrCl2N3O5S/c1-3-38-31(40)28(44-32(38)36-24-7-5-6-21(17-24)30(39)37-10-12-41-13-11-37)16-20-14-25(33)29(27(15-20)42-4-2)43-19-22-8-9-23(34)18-26(22)35/h5-9,14-18H,3-4,10-13,19H2,1-2H3/b28-16+,36-32?. The van der Waals surface area contributed by atoms with Crippen molar-refractivity contribution >= 4 is 79.6 Å². The topological polar surface area (TPSA) is 80.7 Å². The lowest BCUT2D eigenvalue weighted by atomic mass is 10.1. The maximum absolute atomic E-state index is 13.4. The Morgan fingerprint density at radius 1 is 1.09 bits per heavy atom. The molecule has 0 aromatic heterocycles. The molecule has 0 unspecified atom stereocenters. The fraction of sp³-hybridized carbons (Fsp3) is 0.281. The monoisotopic (exact) mass is 717 g/mol. The van der Waals surface area contributed by atoms with Gasteiger partial charge in [-0.05, 0) is 95.6 Å². The zero-order valence-electron chi connectivity index (χ0n) is 24.1. The van der Waals surface area contributed by atoms with Gasteiger partial charge in [0.1, 0.15) is 6.61 Å². The van der Waals surface area contributed by atoms with Crippen LogP contribution in [0.5, 0.6) is 11.5 Å². The molecular weight excluding hydrogens is 689 g/mol. The highest BCUT2D eigenvalue weighted by molar-refractivity contribution is 9.10. The van der Waals surface area contributed by atoms with Gasteiger partial charge >= 0.3 is 0 Å². The van der Waals surface area contributed by atoms with E-state index in [9.17, 15) is 9.59 Å². The third-order valence-corrected chi connectivity index (χ3v) is 9.02. The van der Waals surface area contributed by atoms with E-state index in [1.165, 1.54) is 11.8 Å². The zero-order valence-corrected chi connectivity index (χ0v) is 28.1. The van der Waals surface area contributed by atoms with E-state index in [1.807, 2.05) is 44.2 Å². The summed E-state index contributed by atoms with van der Waals surface area (Å²) in [6.07, 6.45) is 1.81. The predicted octanol–water partition coefficient (Wildman–Crippen LogP) is 7.83. The Bertz CT molecular complexity index is 1630. The van der Waals surface area contributed by atoms with Crippen LogP contribution in [-0.4, -0.2) is 66.2 Å². The lowest BCUT2D eigenvalue weighted by Crippen LogP contribution is -2.40. The first-order valence-corrected chi connectivity index (χ1v) is 16.4. The molecule has 2 aliphatic heterocycles. The second-order valence-corrected chi connectivity index (χ2v) is 12.5. The average Bonchev–Trinajstić information content (AvgIpc) is 3.30. The van der Waals surface area contributed by atoms with E-state index in [0.717, 1.165) is 11.1 Å². The van der Waals surface area contributed by atoms with Crippen molar-refractivity contribution < 1.29 is 23.8 Å². The fourth-order valence-electron chi connectivity index (χ4n) is 4.65. The number of carbonyl (C=O) groups excluding carboxylic acids is 2. The Kier molecular flexibility index (Phi) is 10.9. The molecule has 3 aromatic carbocycles. The number of thioether (sulfide) groups is 1. The summed E-state index contributed by atoms with van der Waals surface area (Å²) in [7, 11) is 0. The van der Waals surface area contributed by atoms with Crippen molar-refractivity contribution in [3.8, 4) is 11.5 Å². The quantitative estimate of drug-likeness (QED) is 0.210. The molecule has 0 N–H and O–H groups in total. The van der Waals surface area contributed by atoms with Crippen molar-refractivity contribution in [1.29, 1.82) is 0 Å². The van der Waals surface area contributed by atoms with Crippen LogP contribution in [-0.2, 0) is 16.1 Å². The van der Waals surface area contributed by atoms with Crippen LogP contribution in [0, 0.1) is 0 Å². The number of rotatable bonds is 9. The third-order valence-electron chi connectivity index (χ3n) is 6.84. The largest absolute Gasteiger partial charge is 0.490 e. The number of aliphatic imine (C=N–C) groups is 1. The van der Waals surface area contributed by atoms with E-state index in [2.05, 4.69) is 15.9 Å². The van der Waals surface area contributed by atoms with Crippen LogP contribution in [0.3, 0.4) is 0 Å². The van der Waals surface area contributed by atoms with Gasteiger partial charge in [-0.15, -0.1) is 0 Å². The van der Waals surface area contributed by atoms with Crippen LogP contribution in [0.2, 0.25) is 10.0 Å². The highest BCUT2D eigenvalue weighted by Gasteiger charge is 2.32. The minimum Gasteiger partial charge on any atom is -0.490 e. The van der Waals surface area contributed by atoms with E-state index >= 15 is 0 Å². The summed E-state index contributed by atoms with van der Waals surface area (Å²) in [5.74, 6) is 0.841. The first-order valence-electron chi connectivity index (χ1n) is 14.1. The molecule has 12 heteroatoms. The van der Waals surface area contributed by atoms with Gasteiger partial charge < -0.3 is 19.1 Å². The molecule has 0 saturated carbocycles. The highest BCUT2D eigenvalue weighted by atomic mass is 79.9. The van der Waals surface area contributed by atoms with Gasteiger partial charge in [0.15, 0.2) is 16.7 Å². The number of hydrogen-bond donors (Lipinski definition) is 0. The lowest BCUT2D eigenvalue weighted by Gasteiger charge is -2.26. The molecule has 2 heterocycles. The molecule has 2 aliphatic rings. The van der Waals surface area contributed by atoms with E-state index in [-0.39, 0.29) is 18.4 Å². The van der Waals surface area contributed by atoms with Crippen LogP contribution < -0.4 is 9.47 Å². The van der Waals surface area contributed by atoms with Gasteiger partial charge in [0.2, 0.25) is 0 Å². The molecule has 0 atom stereocenters. The van der Waals surface area contributed by atoms with Gasteiger partial charge in [0, 0.05) is 40.8 Å². The molecule has 8 nitrogen and oxygen atoms in total. The van der Waals surface area contributed by atoms with Crippen LogP contribution in [0.15, 0.2) is 69.0 Å². The molecule has 5 rings (SSSR count). The summed E-state index contributed by atoms with van der Waals surface area (Å²) < 4.78 is 18.0. The third kappa shape index (κ3) is 7.61. The summed E-state index contributed by atoms with van der Waals surface area (Å²) in [5, 5.41) is 1.61. The van der Waals surface area contributed by atoms with Crippen LogP contribution >= 0.6 is 50.9 Å². The Balaban J connectivity index is 1.38. The maximum Gasteiger partial charge on any atom is 0.266 e. The molecule has 2 saturated heterocycles. The van der Waals surface area contributed by atoms with E-state index < -0.39 is 0 Å². The normalized spacial score (nSPS) is 17.1. The zero-order chi connectivity index (χ0) is 31.2. The van der Waals surface area contributed by atoms with Gasteiger partial charge in [0.25, 0.3) is 11.8 Å². The number of benzene rings is 3. The van der Waals surface area contributed by atoms with Gasteiger partial charge in [-0.1, -0.05) is 35.3 Å². The number of nitrogens with zero attached hydrogens (tertiary/aromatic N) is 3. The van der Waals surface area contributed by atoms with E-state index in [1.54, 1.807) is 40.1 Å². The Hall–Kier alpha value is -3.02. The first kappa shape index (κ1) is 32.4. The summed E-state index contributed by atoms with van der Waals surface area (Å²) in [6.45, 7) is 7.06. The van der Waals surface area contributed by atoms with Crippen molar-refractivity contribution in [2.45, 2.75) is 20.5 Å². The predicted molar refractivity (Wildman–Crippen MR) is 179 cm³/mol. The second-order valence-electron chi connectivity index (χ2n) is 9.80. The number of halogens is 3. The molecule has 0 spiro atoms. The van der Waals surface area contributed by atoms with Crippen molar-refractivity contribution in [2.75, 3.05) is 39.5 Å². The second kappa shape index (κ2) is 14.8. The fourth-order valence-corrected chi connectivity index (χ4v) is 6.75. The molecule has 2 fully saturated rings. The number of hydrogen-bond acceptors (Lipinski definition) is 7. The SMILES string of the molecule is CCOc1cc(/C=C2/SC(=Nc3cccc(C(=O)N4CCOCC4)c3)N(CC)C2=O)cc(Br)c1OCc1ccc(Cl)cc1Cl. The maximum atomic E-state index is 13.4. The smallest absolute Gasteiger partial charge is 0.266 e. The lowest BCUT2D eigenvalue weighted by molar-refractivity contribution is -0.122. The Labute approximate surface area is 279 Å². The number of carbonyl (C=O) groups is 2. The van der Waals surface area contributed by atoms with Crippen molar-refractivity contribution in [2.24, 2.45) is 4.99 Å². The number of amides is 2. The van der Waals surface area contributed by atoms with E-state index in [4.69, 9.17) is 42.4 Å². The number of amidine groups is 1. The van der Waals surface area contributed by atoms with E-state index in [0.29, 0.717) is 86.8 Å². The highest BCUT2D eigenvalue weighted by Crippen LogP contribution is 2.40. The Morgan fingerprint density at radius 3 is 2.61 bits per heavy atom. The van der Waals surface area contributed by atoms with Crippen LogP contribution in [0.25, 0.3) is 6.08 Å². The molecule has 44 heavy (non-hydrogen) atoms. The van der Waals surface area contributed by atoms with Gasteiger partial charge in [-0.2, -0.15) is 0 Å². The molecule has 230 valence electrons. The van der Waals surface area contributed by atoms with Gasteiger partial charge in [-0.25, -0.2) is 4.99 Å². The Morgan fingerprint density at radius 2 is 1.89 bits per heavy atom. The van der Waals surface area contributed by atoms with Crippen LogP contribution in [0.4, 0.5) is 5.69 Å². The molecule has 0 radical (unpaired) electrons. The minimum absolute atomic E-state index is 0.0576. The summed E-state index contributed by atoms with van der Waals surface area (Å²) in [4.78, 5) is 35.1. The number of morpholine rings is 1. The summed E-state index contributed by atoms with van der Waals surface area (Å²) in [5.41, 5.74) is 2.69. The van der Waals surface area contributed by atoms with Gasteiger partial charge in [0.05, 0.1) is 34.9 Å². The van der Waals surface area contributed by atoms with Crippen molar-refractivity contribution in [3.63, 3.8) is 0 Å². The minimum atomic E-state index is -0.149. The first-order chi connectivity index (χ1) is 21.3. The summed E-state index contributed by atoms with van der Waals surface area (Å²) in [6, 6.07) is 16.1. The number of likely N-dealkylation sites (N-methyl/N-ethyl adjacent to an activating group) is 1. The molecule has 0 bridgehead atoms.